The predicted octanol–water partition coefficient (Wildman–Crippen LogP) is 4.65. The molecule has 1 saturated carbocycles. The third-order valence-corrected chi connectivity index (χ3v) is 7.50. The summed E-state index contributed by atoms with van der Waals surface area (Å²) >= 11 is 0. The van der Waals surface area contributed by atoms with Crippen LogP contribution in [0, 0.1) is 0 Å². The number of urea groups is 1. The fraction of sp³-hybridized carbons (Fsp3) is 0.500. The number of hydrogen-bond acceptors (Lipinski definition) is 7. The van der Waals surface area contributed by atoms with Gasteiger partial charge in [0.25, 0.3) is 0 Å². The number of hydrazine groups is 1. The Labute approximate surface area is 230 Å². The average molecular weight is 537 g/mol. The number of benzene rings is 2. The molecule has 0 aromatic heterocycles. The molecule has 5 rings (SSSR count). The van der Waals surface area contributed by atoms with E-state index in [1.165, 1.54) is 24.8 Å². The van der Waals surface area contributed by atoms with Crippen molar-refractivity contribution in [2.45, 2.75) is 77.2 Å². The lowest BCUT2D eigenvalue weighted by molar-refractivity contribution is -0.147. The number of amides is 2. The van der Waals surface area contributed by atoms with Gasteiger partial charge >= 0.3 is 6.03 Å². The van der Waals surface area contributed by atoms with E-state index in [1.54, 1.807) is 7.11 Å². The van der Waals surface area contributed by atoms with Crippen molar-refractivity contribution in [3.05, 3.63) is 76.6 Å². The number of anilines is 1. The molecule has 2 aromatic rings. The molecule has 210 valence electrons. The van der Waals surface area contributed by atoms with E-state index in [9.17, 15) is 4.79 Å². The van der Waals surface area contributed by atoms with Gasteiger partial charge in [-0.05, 0) is 68.4 Å². The van der Waals surface area contributed by atoms with Crippen molar-refractivity contribution in [1.82, 2.24) is 16.1 Å². The zero-order valence-electron chi connectivity index (χ0n) is 23.3. The first-order valence-corrected chi connectivity index (χ1v) is 13.7. The van der Waals surface area contributed by atoms with E-state index in [0.29, 0.717) is 38.1 Å². The number of hydrogen-bond donors (Lipinski definition) is 3. The van der Waals surface area contributed by atoms with Gasteiger partial charge in [-0.15, -0.1) is 0 Å². The minimum Gasteiger partial charge on any atom is -0.380 e. The zero-order valence-corrected chi connectivity index (χ0v) is 23.3. The van der Waals surface area contributed by atoms with Crippen LogP contribution < -0.4 is 21.1 Å². The van der Waals surface area contributed by atoms with Gasteiger partial charge in [-0.3, -0.25) is 10.3 Å². The van der Waals surface area contributed by atoms with Crippen molar-refractivity contribution < 1.29 is 23.7 Å². The highest BCUT2D eigenvalue weighted by atomic mass is 16.7. The predicted molar refractivity (Wildman–Crippen MR) is 149 cm³/mol. The van der Waals surface area contributed by atoms with Crippen molar-refractivity contribution in [2.75, 3.05) is 25.3 Å². The fourth-order valence-electron chi connectivity index (χ4n) is 5.24. The summed E-state index contributed by atoms with van der Waals surface area (Å²) in [5.41, 5.74) is 8.69. The number of nitrogens with zero attached hydrogens (tertiary/aromatic N) is 1. The highest BCUT2D eigenvalue weighted by Crippen LogP contribution is 2.38. The molecule has 3 aliphatic rings. The molecule has 2 heterocycles. The highest BCUT2D eigenvalue weighted by molar-refractivity contribution is 5.77. The smallest absolute Gasteiger partial charge is 0.320 e. The Balaban J connectivity index is 1.27. The molecule has 3 N–H and O–H groups in total. The topological polar surface area (TPSA) is 93.3 Å². The van der Waals surface area contributed by atoms with Crippen LogP contribution in [0.25, 0.3) is 0 Å². The van der Waals surface area contributed by atoms with E-state index in [2.05, 4.69) is 34.3 Å². The average Bonchev–Trinajstić information content (AvgIpc) is 3.40. The monoisotopic (exact) mass is 536 g/mol. The molecular formula is C30H40N4O5. The van der Waals surface area contributed by atoms with Crippen molar-refractivity contribution >= 4 is 11.7 Å². The first kappa shape index (κ1) is 27.6. The third kappa shape index (κ3) is 6.62. The van der Waals surface area contributed by atoms with Crippen molar-refractivity contribution in [1.29, 1.82) is 0 Å². The van der Waals surface area contributed by atoms with Gasteiger partial charge in [0.15, 0.2) is 12.0 Å². The maximum absolute atomic E-state index is 13.2. The SMILES string of the molecule is COCc1ccc(C2CCC2)c(CNC(=O)NC2=C(C)C(OCC3COC(C)(C)O3)NN2c2ccccc2)c1. The van der Waals surface area contributed by atoms with Crippen LogP contribution in [0.2, 0.25) is 0 Å². The van der Waals surface area contributed by atoms with Crippen LogP contribution in [0.4, 0.5) is 10.5 Å². The van der Waals surface area contributed by atoms with Crippen LogP contribution >= 0.6 is 0 Å². The molecule has 2 fully saturated rings. The van der Waals surface area contributed by atoms with Crippen LogP contribution in [0.5, 0.6) is 0 Å². The van der Waals surface area contributed by atoms with E-state index >= 15 is 0 Å². The lowest BCUT2D eigenvalue weighted by Gasteiger charge is -2.28. The van der Waals surface area contributed by atoms with Crippen LogP contribution in [0.3, 0.4) is 0 Å². The Bertz CT molecular complexity index is 1180. The summed E-state index contributed by atoms with van der Waals surface area (Å²) in [4.78, 5) is 13.2. The van der Waals surface area contributed by atoms with Gasteiger partial charge in [0, 0.05) is 19.2 Å². The summed E-state index contributed by atoms with van der Waals surface area (Å²) in [6.45, 7) is 7.57. The largest absolute Gasteiger partial charge is 0.380 e. The number of rotatable bonds is 10. The van der Waals surface area contributed by atoms with Crippen LogP contribution in [-0.4, -0.2) is 44.5 Å². The summed E-state index contributed by atoms with van der Waals surface area (Å²) in [6.07, 6.45) is 3.07. The molecular weight excluding hydrogens is 496 g/mol. The van der Waals surface area contributed by atoms with Gasteiger partial charge in [-0.25, -0.2) is 4.79 Å². The van der Waals surface area contributed by atoms with E-state index in [-0.39, 0.29) is 12.1 Å². The molecule has 2 aliphatic heterocycles. The second-order valence-corrected chi connectivity index (χ2v) is 10.9. The molecule has 9 heteroatoms. The Morgan fingerprint density at radius 2 is 1.97 bits per heavy atom. The zero-order chi connectivity index (χ0) is 27.4. The second-order valence-electron chi connectivity index (χ2n) is 10.9. The molecule has 2 atom stereocenters. The molecule has 0 bridgehead atoms. The Morgan fingerprint density at radius 3 is 2.64 bits per heavy atom. The minimum absolute atomic E-state index is 0.154. The third-order valence-electron chi connectivity index (χ3n) is 7.50. The number of nitrogens with one attached hydrogen (secondary N) is 3. The molecule has 0 radical (unpaired) electrons. The van der Waals surface area contributed by atoms with Crippen LogP contribution in [-0.2, 0) is 32.1 Å². The summed E-state index contributed by atoms with van der Waals surface area (Å²) < 4.78 is 23.1. The maximum Gasteiger partial charge on any atom is 0.320 e. The van der Waals surface area contributed by atoms with Crippen LogP contribution in [0.15, 0.2) is 59.9 Å². The van der Waals surface area contributed by atoms with Gasteiger partial charge < -0.3 is 24.3 Å². The number of carbonyl (C=O) groups excluding carboxylic acids is 1. The minimum atomic E-state index is -0.607. The van der Waals surface area contributed by atoms with E-state index < -0.39 is 12.0 Å². The number of para-hydroxylation sites is 1. The maximum atomic E-state index is 13.2. The van der Waals surface area contributed by atoms with Crippen molar-refractivity contribution in [3.63, 3.8) is 0 Å². The van der Waals surface area contributed by atoms with Gasteiger partial charge in [0.05, 0.1) is 25.5 Å². The van der Waals surface area contributed by atoms with Gasteiger partial charge in [0.1, 0.15) is 11.9 Å². The normalized spacial score (nSPS) is 22.7. The quantitative estimate of drug-likeness (QED) is 0.407. The second kappa shape index (κ2) is 12.1. The summed E-state index contributed by atoms with van der Waals surface area (Å²) in [5, 5.41) is 8.00. The summed E-state index contributed by atoms with van der Waals surface area (Å²) in [7, 11) is 1.70. The first-order chi connectivity index (χ1) is 18.8. The molecule has 2 unspecified atom stereocenters. The molecule has 2 amide bonds. The standard InChI is InChI=1S/C30H40N4O5/c1-20-27(32-29(35)31-16-23-15-21(17-36-4)13-14-26(23)22-9-8-10-22)34(24-11-6-5-7-12-24)33-28(20)37-18-25-19-38-30(2,3)39-25/h5-7,11-15,22,25,28,33H,8-10,16-19H2,1-4H3,(H2,31,32,35). The fourth-order valence-corrected chi connectivity index (χ4v) is 5.24. The Kier molecular flexibility index (Phi) is 8.54. The number of methoxy groups -OCH3 is 1. The molecule has 1 saturated heterocycles. The van der Waals surface area contributed by atoms with E-state index in [1.807, 2.05) is 56.1 Å². The molecule has 2 aromatic carbocycles. The number of carbonyl (C=O) groups is 1. The molecule has 39 heavy (non-hydrogen) atoms. The lowest BCUT2D eigenvalue weighted by Crippen LogP contribution is -2.45. The molecule has 9 nitrogen and oxygen atoms in total. The molecule has 1 aliphatic carbocycles. The van der Waals surface area contributed by atoms with Crippen molar-refractivity contribution in [3.8, 4) is 0 Å². The Hall–Kier alpha value is -2.95. The highest BCUT2D eigenvalue weighted by Gasteiger charge is 2.36. The van der Waals surface area contributed by atoms with Gasteiger partial charge in [-0.1, -0.05) is 42.8 Å². The number of ether oxygens (including phenoxy) is 4. The van der Waals surface area contributed by atoms with Crippen LogP contribution in [0.1, 0.15) is 62.6 Å². The molecule has 0 spiro atoms. The summed E-state index contributed by atoms with van der Waals surface area (Å²) in [6, 6.07) is 16.0. The van der Waals surface area contributed by atoms with Gasteiger partial charge in [0.2, 0.25) is 0 Å². The first-order valence-electron chi connectivity index (χ1n) is 13.7. The Morgan fingerprint density at radius 1 is 1.18 bits per heavy atom. The van der Waals surface area contributed by atoms with Crippen molar-refractivity contribution in [2.24, 2.45) is 0 Å². The van der Waals surface area contributed by atoms with E-state index in [0.717, 1.165) is 22.4 Å². The summed E-state index contributed by atoms with van der Waals surface area (Å²) in [5.74, 6) is 0.599. The van der Waals surface area contributed by atoms with E-state index in [4.69, 9.17) is 18.9 Å². The van der Waals surface area contributed by atoms with Gasteiger partial charge in [-0.2, -0.15) is 5.43 Å². The lowest BCUT2D eigenvalue weighted by atomic mass is 9.78.